The third-order valence-corrected chi connectivity index (χ3v) is 6.63. The average Bonchev–Trinajstić information content (AvgIpc) is 3.19. The van der Waals surface area contributed by atoms with Crippen LogP contribution in [0, 0.1) is 11.3 Å². The Labute approximate surface area is 163 Å². The zero-order chi connectivity index (χ0) is 19.9. The number of fused-ring (bicyclic) bond motifs is 3. The molecule has 1 atom stereocenters. The van der Waals surface area contributed by atoms with Gasteiger partial charge in [-0.2, -0.15) is 22.7 Å². The highest BCUT2D eigenvalue weighted by molar-refractivity contribution is 7.87. The van der Waals surface area contributed by atoms with Gasteiger partial charge in [-0.05, 0) is 30.2 Å². The Kier molecular flexibility index (Phi) is 4.63. The van der Waals surface area contributed by atoms with E-state index in [9.17, 15) is 13.7 Å². The van der Waals surface area contributed by atoms with Gasteiger partial charge >= 0.3 is 0 Å². The first-order chi connectivity index (χ1) is 13.4. The lowest BCUT2D eigenvalue weighted by molar-refractivity contribution is 0.487. The van der Waals surface area contributed by atoms with E-state index in [1.54, 1.807) is 24.7 Å². The van der Waals surface area contributed by atoms with Crippen LogP contribution in [0.25, 0.3) is 10.9 Å². The fourth-order valence-electron chi connectivity index (χ4n) is 3.71. The summed E-state index contributed by atoms with van der Waals surface area (Å²) in [6.45, 7) is 0.540. The van der Waals surface area contributed by atoms with Crippen molar-refractivity contribution >= 4 is 21.1 Å². The van der Waals surface area contributed by atoms with Crippen LogP contribution in [0.5, 0.6) is 0 Å². The number of aromatic nitrogens is 3. The number of rotatable bonds is 5. The van der Waals surface area contributed by atoms with Gasteiger partial charge < -0.3 is 4.57 Å². The van der Waals surface area contributed by atoms with Crippen molar-refractivity contribution in [2.45, 2.75) is 25.4 Å². The van der Waals surface area contributed by atoms with E-state index in [4.69, 9.17) is 0 Å². The molecule has 0 bridgehead atoms. The van der Waals surface area contributed by atoms with Crippen LogP contribution in [0.15, 0.2) is 36.8 Å². The topological polar surface area (TPSA) is 104 Å². The van der Waals surface area contributed by atoms with Gasteiger partial charge in [-0.25, -0.2) is 0 Å². The maximum absolute atomic E-state index is 12.2. The molecule has 0 aliphatic heterocycles. The summed E-state index contributed by atoms with van der Waals surface area (Å²) >= 11 is 0. The minimum absolute atomic E-state index is 0.222. The van der Waals surface area contributed by atoms with Gasteiger partial charge in [0.1, 0.15) is 0 Å². The van der Waals surface area contributed by atoms with E-state index in [1.165, 1.54) is 18.4 Å². The highest BCUT2D eigenvalue weighted by atomic mass is 32.2. The largest absolute Gasteiger partial charge is 0.338 e. The van der Waals surface area contributed by atoms with Crippen molar-refractivity contribution < 1.29 is 8.42 Å². The first-order valence-corrected chi connectivity index (χ1v) is 10.3. The summed E-state index contributed by atoms with van der Waals surface area (Å²) in [5.74, 6) is 0. The maximum Gasteiger partial charge on any atom is 0.279 e. The Hall–Kier alpha value is -2.80. The lowest BCUT2D eigenvalue weighted by Crippen LogP contribution is -2.42. The molecule has 0 amide bonds. The molecule has 0 spiro atoms. The van der Waals surface area contributed by atoms with Gasteiger partial charge in [0.2, 0.25) is 0 Å². The molecule has 0 fully saturated rings. The first kappa shape index (κ1) is 18.6. The zero-order valence-corrected chi connectivity index (χ0v) is 16.4. The van der Waals surface area contributed by atoms with Crippen molar-refractivity contribution in [1.82, 2.24) is 23.6 Å². The SMILES string of the molecule is CN(C)S(=O)(=O)N[C@@H]1Cc2c(n(Cc3cnccn3)c3ccc(C#N)cc23)C1. The van der Waals surface area contributed by atoms with Crippen LogP contribution in [0.3, 0.4) is 0 Å². The number of benzene rings is 1. The van der Waals surface area contributed by atoms with Gasteiger partial charge in [0.05, 0.1) is 30.1 Å². The van der Waals surface area contributed by atoms with Gasteiger partial charge in [-0.15, -0.1) is 0 Å². The molecule has 4 rings (SSSR count). The molecular formula is C19H20N6O2S. The van der Waals surface area contributed by atoms with Crippen LogP contribution in [0.1, 0.15) is 22.5 Å². The zero-order valence-electron chi connectivity index (χ0n) is 15.6. The second kappa shape index (κ2) is 6.98. The third kappa shape index (κ3) is 3.26. The highest BCUT2D eigenvalue weighted by Crippen LogP contribution is 2.34. The Bertz CT molecular complexity index is 1180. The van der Waals surface area contributed by atoms with Crippen LogP contribution in [-0.4, -0.2) is 47.4 Å². The van der Waals surface area contributed by atoms with E-state index in [-0.39, 0.29) is 6.04 Å². The molecule has 0 saturated carbocycles. The molecule has 0 radical (unpaired) electrons. The van der Waals surface area contributed by atoms with Gasteiger partial charge in [0.15, 0.2) is 0 Å². The molecule has 3 aromatic rings. The monoisotopic (exact) mass is 396 g/mol. The van der Waals surface area contributed by atoms with Gasteiger partial charge in [0.25, 0.3) is 10.2 Å². The molecule has 2 aromatic heterocycles. The van der Waals surface area contributed by atoms with Crippen molar-refractivity contribution in [3.63, 3.8) is 0 Å². The van der Waals surface area contributed by atoms with E-state index in [1.807, 2.05) is 12.1 Å². The molecular weight excluding hydrogens is 376 g/mol. The molecule has 9 heteroatoms. The minimum atomic E-state index is -3.52. The van der Waals surface area contributed by atoms with Crippen LogP contribution in [-0.2, 0) is 29.6 Å². The second-order valence-electron chi connectivity index (χ2n) is 7.06. The predicted octanol–water partition coefficient (Wildman–Crippen LogP) is 1.21. The van der Waals surface area contributed by atoms with Gasteiger partial charge in [0, 0.05) is 55.5 Å². The lowest BCUT2D eigenvalue weighted by atomic mass is 10.1. The molecule has 0 unspecified atom stereocenters. The van der Waals surface area contributed by atoms with E-state index < -0.39 is 10.2 Å². The molecule has 144 valence electrons. The molecule has 1 aliphatic rings. The van der Waals surface area contributed by atoms with E-state index >= 15 is 0 Å². The van der Waals surface area contributed by atoms with Crippen molar-refractivity contribution in [1.29, 1.82) is 5.26 Å². The normalized spacial score (nSPS) is 16.4. The quantitative estimate of drug-likeness (QED) is 0.698. The van der Waals surface area contributed by atoms with Crippen LogP contribution in [0.2, 0.25) is 0 Å². The lowest BCUT2D eigenvalue weighted by Gasteiger charge is -2.18. The third-order valence-electron chi connectivity index (χ3n) is 5.04. The number of nitrogens with zero attached hydrogens (tertiary/aromatic N) is 5. The van der Waals surface area contributed by atoms with Crippen molar-refractivity contribution in [2.75, 3.05) is 14.1 Å². The summed E-state index contributed by atoms with van der Waals surface area (Å²) < 4.78 is 30.6. The average molecular weight is 396 g/mol. The fraction of sp³-hybridized carbons (Fsp3) is 0.316. The number of nitrogens with one attached hydrogen (secondary N) is 1. The summed E-state index contributed by atoms with van der Waals surface area (Å²) in [5.41, 5.74) is 4.58. The molecule has 0 saturated heterocycles. The Balaban J connectivity index is 1.77. The molecule has 1 N–H and O–H groups in total. The highest BCUT2D eigenvalue weighted by Gasteiger charge is 2.31. The molecule has 1 aromatic carbocycles. The number of hydrogen-bond acceptors (Lipinski definition) is 5. The summed E-state index contributed by atoms with van der Waals surface area (Å²) in [7, 11) is -0.501. The summed E-state index contributed by atoms with van der Waals surface area (Å²) in [6, 6.07) is 7.59. The molecule has 28 heavy (non-hydrogen) atoms. The standard InChI is InChI=1S/C19H20N6O2S/c1-24(2)28(26,27)23-14-8-17-16-7-13(10-20)3-4-18(16)25(19(17)9-14)12-15-11-21-5-6-22-15/h3-7,11,14,23H,8-9,12H2,1-2H3/t14-/m1/s1. The van der Waals surface area contributed by atoms with E-state index in [0.29, 0.717) is 24.9 Å². The number of nitriles is 1. The summed E-state index contributed by atoms with van der Waals surface area (Å²) in [4.78, 5) is 8.50. The van der Waals surface area contributed by atoms with Crippen LogP contribution < -0.4 is 4.72 Å². The summed E-state index contributed by atoms with van der Waals surface area (Å²) in [6.07, 6.45) is 6.18. The van der Waals surface area contributed by atoms with E-state index in [0.717, 1.165) is 27.9 Å². The Morgan fingerprint density at radius 1 is 1.32 bits per heavy atom. The van der Waals surface area contributed by atoms with Crippen molar-refractivity contribution in [3.05, 3.63) is 59.3 Å². The number of hydrogen-bond donors (Lipinski definition) is 1. The molecule has 1 aliphatic carbocycles. The summed E-state index contributed by atoms with van der Waals surface area (Å²) in [5, 5.41) is 10.3. The van der Waals surface area contributed by atoms with Gasteiger partial charge in [-0.3, -0.25) is 9.97 Å². The Morgan fingerprint density at radius 2 is 2.14 bits per heavy atom. The van der Waals surface area contributed by atoms with Crippen molar-refractivity contribution in [2.24, 2.45) is 0 Å². The smallest absolute Gasteiger partial charge is 0.279 e. The van der Waals surface area contributed by atoms with E-state index in [2.05, 4.69) is 25.3 Å². The fourth-order valence-corrected chi connectivity index (χ4v) is 4.51. The molecule has 8 nitrogen and oxygen atoms in total. The van der Waals surface area contributed by atoms with Crippen molar-refractivity contribution in [3.8, 4) is 6.07 Å². The predicted molar refractivity (Wildman–Crippen MR) is 105 cm³/mol. The van der Waals surface area contributed by atoms with Crippen LogP contribution >= 0.6 is 0 Å². The van der Waals surface area contributed by atoms with Gasteiger partial charge in [-0.1, -0.05) is 0 Å². The first-order valence-electron chi connectivity index (χ1n) is 8.88. The van der Waals surface area contributed by atoms with Crippen LogP contribution in [0.4, 0.5) is 0 Å². The second-order valence-corrected chi connectivity index (χ2v) is 8.98. The maximum atomic E-state index is 12.2. The Morgan fingerprint density at radius 3 is 2.82 bits per heavy atom. The minimum Gasteiger partial charge on any atom is -0.338 e. The molecule has 2 heterocycles.